The second-order valence-electron chi connectivity index (χ2n) is 8.90. The molecule has 3 rings (SSSR count). The SMILES string of the molecule is CC(O)CC[C@H](NC(=O)c1cnc(-c2ccccc2Cl)s1)C(=O)N[C@@H](CCCC(F)(F)F)C(O)c1nccs1. The predicted octanol–water partition coefficient (Wildman–Crippen LogP) is 5.13. The number of aliphatic hydroxyl groups excluding tert-OH is 2. The molecular formula is C25H28ClF3N4O4S2. The minimum Gasteiger partial charge on any atom is -0.393 e. The largest absolute Gasteiger partial charge is 0.393 e. The molecule has 0 fully saturated rings. The molecule has 2 heterocycles. The first-order valence-electron chi connectivity index (χ1n) is 12.1. The van der Waals surface area contributed by atoms with Crippen LogP contribution in [-0.2, 0) is 4.79 Å². The van der Waals surface area contributed by atoms with Crippen LogP contribution in [0, 0.1) is 0 Å². The third-order valence-electron chi connectivity index (χ3n) is 5.72. The molecule has 4 N–H and O–H groups in total. The van der Waals surface area contributed by atoms with Crippen molar-refractivity contribution in [2.75, 3.05) is 0 Å². The highest BCUT2D eigenvalue weighted by Crippen LogP contribution is 2.31. The normalized spacial score (nSPS) is 14.8. The Morgan fingerprint density at radius 3 is 2.49 bits per heavy atom. The second-order valence-corrected chi connectivity index (χ2v) is 11.3. The van der Waals surface area contributed by atoms with Gasteiger partial charge in [-0.2, -0.15) is 13.2 Å². The number of nitrogens with one attached hydrogen (secondary N) is 2. The van der Waals surface area contributed by atoms with Crippen LogP contribution in [0.1, 0.15) is 59.8 Å². The molecule has 1 aromatic carbocycles. The summed E-state index contributed by atoms with van der Waals surface area (Å²) in [5.74, 6) is -1.29. The minimum atomic E-state index is -4.38. The van der Waals surface area contributed by atoms with Crippen LogP contribution in [0.2, 0.25) is 5.02 Å². The van der Waals surface area contributed by atoms with Crippen LogP contribution >= 0.6 is 34.3 Å². The van der Waals surface area contributed by atoms with E-state index in [1.54, 1.807) is 29.6 Å². The van der Waals surface area contributed by atoms with E-state index in [1.165, 1.54) is 19.3 Å². The fraction of sp³-hybridized carbons (Fsp3) is 0.440. The third-order valence-corrected chi connectivity index (χ3v) is 7.92. The van der Waals surface area contributed by atoms with Crippen LogP contribution in [0.4, 0.5) is 13.2 Å². The van der Waals surface area contributed by atoms with Crippen LogP contribution in [0.3, 0.4) is 0 Å². The minimum absolute atomic E-state index is 0.0496. The number of nitrogens with zero attached hydrogens (tertiary/aromatic N) is 2. The lowest BCUT2D eigenvalue weighted by Crippen LogP contribution is -2.51. The van der Waals surface area contributed by atoms with Gasteiger partial charge in [0.15, 0.2) is 0 Å². The molecule has 39 heavy (non-hydrogen) atoms. The summed E-state index contributed by atoms with van der Waals surface area (Å²) >= 11 is 8.40. The molecule has 4 atom stereocenters. The van der Waals surface area contributed by atoms with Gasteiger partial charge in [0.05, 0.1) is 23.4 Å². The lowest BCUT2D eigenvalue weighted by atomic mass is 10.0. The van der Waals surface area contributed by atoms with Gasteiger partial charge in [0.2, 0.25) is 5.91 Å². The molecule has 2 unspecified atom stereocenters. The average Bonchev–Trinajstić information content (AvgIpc) is 3.57. The molecule has 0 aliphatic carbocycles. The second kappa shape index (κ2) is 14.2. The summed E-state index contributed by atoms with van der Waals surface area (Å²) in [6.07, 6.45) is -5.05. The first kappa shape index (κ1) is 31.0. The molecule has 212 valence electrons. The quantitative estimate of drug-likeness (QED) is 0.214. The van der Waals surface area contributed by atoms with Gasteiger partial charge < -0.3 is 20.8 Å². The number of rotatable bonds is 13. The Kier molecular flexibility index (Phi) is 11.2. The molecule has 0 spiro atoms. The maximum absolute atomic E-state index is 13.3. The molecule has 0 saturated carbocycles. The molecule has 2 amide bonds. The Hall–Kier alpha value is -2.58. The summed E-state index contributed by atoms with van der Waals surface area (Å²) in [7, 11) is 0. The maximum atomic E-state index is 13.3. The van der Waals surface area contributed by atoms with E-state index in [4.69, 9.17) is 11.6 Å². The van der Waals surface area contributed by atoms with Crippen LogP contribution in [0.15, 0.2) is 42.0 Å². The Balaban J connectivity index is 1.75. The van der Waals surface area contributed by atoms with Crippen molar-refractivity contribution in [1.82, 2.24) is 20.6 Å². The van der Waals surface area contributed by atoms with Crippen molar-refractivity contribution in [2.45, 2.75) is 69.5 Å². The Labute approximate surface area is 236 Å². The molecular weight excluding hydrogens is 577 g/mol. The van der Waals surface area contributed by atoms with E-state index < -0.39 is 48.7 Å². The zero-order valence-electron chi connectivity index (χ0n) is 20.8. The van der Waals surface area contributed by atoms with Gasteiger partial charge in [0.25, 0.3) is 5.91 Å². The number of thiazole rings is 2. The molecule has 0 aliphatic rings. The monoisotopic (exact) mass is 604 g/mol. The van der Waals surface area contributed by atoms with E-state index in [1.807, 2.05) is 0 Å². The average molecular weight is 605 g/mol. The third kappa shape index (κ3) is 9.53. The number of hydrogen-bond donors (Lipinski definition) is 4. The molecule has 8 nitrogen and oxygen atoms in total. The smallest absolute Gasteiger partial charge is 0.389 e. The van der Waals surface area contributed by atoms with Crippen LogP contribution in [-0.4, -0.2) is 56.4 Å². The first-order valence-corrected chi connectivity index (χ1v) is 14.2. The van der Waals surface area contributed by atoms with E-state index in [0.717, 1.165) is 22.7 Å². The standard InChI is InChI=1S/C25H28ClF3N4O4S2/c1-14(34)8-9-18(33-22(37)19-13-31-23(39-19)15-5-2-3-6-16(15)26)21(36)32-17(7-4-10-25(27,28)29)20(35)24-30-11-12-38-24/h2-3,5-6,11-14,17-18,20,34-35H,4,7-10H2,1H3,(H,32,36)(H,33,37)/t14?,17-,18-,20?/m0/s1. The molecule has 2 aromatic heterocycles. The van der Waals surface area contributed by atoms with Crippen molar-refractivity contribution in [3.05, 3.63) is 56.9 Å². The van der Waals surface area contributed by atoms with Gasteiger partial charge in [-0.05, 0) is 38.7 Å². The van der Waals surface area contributed by atoms with Gasteiger partial charge in [-0.3, -0.25) is 9.59 Å². The van der Waals surface area contributed by atoms with E-state index in [9.17, 15) is 33.0 Å². The fourth-order valence-electron chi connectivity index (χ4n) is 3.71. The number of halogens is 4. The molecule has 3 aromatic rings. The zero-order chi connectivity index (χ0) is 28.6. The number of carbonyl (C=O) groups is 2. The van der Waals surface area contributed by atoms with Gasteiger partial charge in [-0.1, -0.05) is 29.8 Å². The summed E-state index contributed by atoms with van der Waals surface area (Å²) < 4.78 is 38.2. The van der Waals surface area contributed by atoms with E-state index >= 15 is 0 Å². The summed E-state index contributed by atoms with van der Waals surface area (Å²) in [5, 5.41) is 28.5. The topological polar surface area (TPSA) is 124 Å². The van der Waals surface area contributed by atoms with Gasteiger partial charge in [0, 0.05) is 23.6 Å². The molecule has 0 bridgehead atoms. The summed E-state index contributed by atoms with van der Waals surface area (Å²) in [6, 6.07) is 4.79. The predicted molar refractivity (Wildman–Crippen MR) is 144 cm³/mol. The molecule has 0 aliphatic heterocycles. The lowest BCUT2D eigenvalue weighted by Gasteiger charge is -2.26. The number of hydrogen-bond acceptors (Lipinski definition) is 8. The first-order chi connectivity index (χ1) is 18.4. The Bertz CT molecular complexity index is 1220. The van der Waals surface area contributed by atoms with Crippen LogP contribution < -0.4 is 10.6 Å². The van der Waals surface area contributed by atoms with Crippen molar-refractivity contribution in [2.24, 2.45) is 0 Å². The van der Waals surface area contributed by atoms with Crippen molar-refractivity contribution in [3.63, 3.8) is 0 Å². The highest BCUT2D eigenvalue weighted by atomic mass is 35.5. The van der Waals surface area contributed by atoms with E-state index in [2.05, 4.69) is 20.6 Å². The Morgan fingerprint density at radius 1 is 1.10 bits per heavy atom. The highest BCUT2D eigenvalue weighted by molar-refractivity contribution is 7.17. The van der Waals surface area contributed by atoms with Crippen molar-refractivity contribution < 1.29 is 33.0 Å². The van der Waals surface area contributed by atoms with Crippen molar-refractivity contribution in [1.29, 1.82) is 0 Å². The number of aromatic nitrogens is 2. The van der Waals surface area contributed by atoms with E-state index in [0.29, 0.717) is 15.6 Å². The summed E-state index contributed by atoms with van der Waals surface area (Å²) in [4.78, 5) is 34.7. The van der Waals surface area contributed by atoms with Crippen molar-refractivity contribution in [3.8, 4) is 10.6 Å². The maximum Gasteiger partial charge on any atom is 0.389 e. The zero-order valence-corrected chi connectivity index (χ0v) is 23.2. The van der Waals surface area contributed by atoms with Gasteiger partial charge in [-0.25, -0.2) is 9.97 Å². The van der Waals surface area contributed by atoms with Crippen LogP contribution in [0.5, 0.6) is 0 Å². The number of carbonyl (C=O) groups excluding carboxylic acids is 2. The number of aliphatic hydroxyl groups is 2. The van der Waals surface area contributed by atoms with Gasteiger partial charge in [0.1, 0.15) is 27.0 Å². The summed E-state index contributed by atoms with van der Waals surface area (Å²) in [6.45, 7) is 1.53. The molecule has 0 radical (unpaired) electrons. The molecule has 0 saturated heterocycles. The number of benzene rings is 1. The fourth-order valence-corrected chi connectivity index (χ4v) is 5.54. The van der Waals surface area contributed by atoms with Gasteiger partial charge in [-0.15, -0.1) is 22.7 Å². The van der Waals surface area contributed by atoms with Gasteiger partial charge >= 0.3 is 6.18 Å². The highest BCUT2D eigenvalue weighted by Gasteiger charge is 2.32. The van der Waals surface area contributed by atoms with Crippen LogP contribution in [0.25, 0.3) is 10.6 Å². The number of alkyl halides is 3. The number of amides is 2. The molecule has 14 heteroatoms. The lowest BCUT2D eigenvalue weighted by molar-refractivity contribution is -0.136. The summed E-state index contributed by atoms with van der Waals surface area (Å²) in [5.41, 5.74) is 0.643. The van der Waals surface area contributed by atoms with Crippen molar-refractivity contribution >= 4 is 46.1 Å². The van der Waals surface area contributed by atoms with E-state index in [-0.39, 0.29) is 35.6 Å². The Morgan fingerprint density at radius 2 is 1.85 bits per heavy atom.